The number of likely N-dealkylation sites (tertiary alicyclic amines) is 1. The zero-order chi connectivity index (χ0) is 21.8. The summed E-state index contributed by atoms with van der Waals surface area (Å²) < 4.78 is 37.7. The van der Waals surface area contributed by atoms with Crippen molar-refractivity contribution in [1.82, 2.24) is 10.2 Å². The Hall–Kier alpha value is -1.84. The average Bonchev–Trinajstić information content (AvgIpc) is 2.88. The van der Waals surface area contributed by atoms with Gasteiger partial charge in [0, 0.05) is 30.7 Å². The van der Waals surface area contributed by atoms with Gasteiger partial charge in [0.15, 0.2) is 0 Å². The lowest BCUT2D eigenvalue weighted by atomic mass is 9.99. The topological polar surface area (TPSA) is 78.9 Å². The molecule has 1 aromatic rings. The lowest BCUT2D eigenvalue weighted by Gasteiger charge is -2.32. The molecule has 0 radical (unpaired) electrons. The van der Waals surface area contributed by atoms with Gasteiger partial charge >= 0.3 is 12.1 Å². The molecule has 2 fully saturated rings. The SMILES string of the molecule is CC(C)NC(=O)[C@H]1C[C@@H]2CN(Cc3cccc(Cl)c3)C[C@H]1O2.O=C(O)C(F)(F)F. The molecule has 0 unspecified atom stereocenters. The summed E-state index contributed by atoms with van der Waals surface area (Å²) >= 11 is 6.05. The Balaban J connectivity index is 0.000000370. The molecule has 162 valence electrons. The van der Waals surface area contributed by atoms with Gasteiger partial charge in [-0.25, -0.2) is 4.79 Å². The third kappa shape index (κ3) is 7.17. The number of halogens is 4. The van der Waals surface area contributed by atoms with Crippen molar-refractivity contribution in [2.24, 2.45) is 5.92 Å². The van der Waals surface area contributed by atoms with E-state index < -0.39 is 12.1 Å². The van der Waals surface area contributed by atoms with E-state index in [9.17, 15) is 18.0 Å². The van der Waals surface area contributed by atoms with Crippen LogP contribution < -0.4 is 5.32 Å². The highest BCUT2D eigenvalue weighted by Gasteiger charge is 2.44. The molecule has 2 heterocycles. The molecule has 0 aromatic heterocycles. The summed E-state index contributed by atoms with van der Waals surface area (Å²) in [5.41, 5.74) is 1.21. The largest absolute Gasteiger partial charge is 0.490 e. The molecular weight excluding hydrogens is 413 g/mol. The van der Waals surface area contributed by atoms with Crippen LogP contribution in [0.3, 0.4) is 0 Å². The van der Waals surface area contributed by atoms with Gasteiger partial charge < -0.3 is 15.2 Å². The fourth-order valence-corrected chi connectivity index (χ4v) is 3.64. The van der Waals surface area contributed by atoms with Crippen LogP contribution in [-0.4, -0.2) is 59.4 Å². The van der Waals surface area contributed by atoms with Crippen molar-refractivity contribution in [3.63, 3.8) is 0 Å². The highest BCUT2D eigenvalue weighted by molar-refractivity contribution is 6.30. The number of morpholine rings is 1. The van der Waals surface area contributed by atoms with E-state index in [0.29, 0.717) is 0 Å². The van der Waals surface area contributed by atoms with E-state index in [0.717, 1.165) is 31.1 Å². The molecule has 10 heteroatoms. The normalized spacial score (nSPS) is 24.0. The van der Waals surface area contributed by atoms with E-state index in [4.69, 9.17) is 26.2 Å². The second-order valence-electron chi connectivity index (χ2n) is 7.43. The van der Waals surface area contributed by atoms with Crippen LogP contribution in [-0.2, 0) is 20.9 Å². The van der Waals surface area contributed by atoms with Gasteiger partial charge in [0.25, 0.3) is 0 Å². The number of carboxylic acid groups (broad SMARTS) is 1. The summed E-state index contributed by atoms with van der Waals surface area (Å²) in [5, 5.41) is 10.9. The first-order chi connectivity index (χ1) is 13.5. The first-order valence-corrected chi connectivity index (χ1v) is 9.56. The summed E-state index contributed by atoms with van der Waals surface area (Å²) in [6.45, 7) is 6.53. The van der Waals surface area contributed by atoms with E-state index >= 15 is 0 Å². The number of carbonyl (C=O) groups is 2. The molecule has 0 saturated carbocycles. The minimum Gasteiger partial charge on any atom is -0.475 e. The Bertz CT molecular complexity index is 730. The minimum atomic E-state index is -5.08. The number of amides is 1. The number of hydrogen-bond acceptors (Lipinski definition) is 4. The second kappa shape index (κ2) is 9.77. The quantitative estimate of drug-likeness (QED) is 0.758. The number of rotatable bonds is 4. The monoisotopic (exact) mass is 436 g/mol. The maximum Gasteiger partial charge on any atom is 0.490 e. The lowest BCUT2D eigenvalue weighted by molar-refractivity contribution is -0.192. The number of nitrogens with one attached hydrogen (secondary N) is 1. The van der Waals surface area contributed by atoms with Gasteiger partial charge in [0.2, 0.25) is 5.91 Å². The van der Waals surface area contributed by atoms with Crippen LogP contribution in [0.1, 0.15) is 25.8 Å². The molecule has 29 heavy (non-hydrogen) atoms. The van der Waals surface area contributed by atoms with Crippen molar-refractivity contribution in [3.05, 3.63) is 34.9 Å². The van der Waals surface area contributed by atoms with Gasteiger partial charge in [-0.1, -0.05) is 23.7 Å². The Morgan fingerprint density at radius 1 is 1.34 bits per heavy atom. The number of aliphatic carboxylic acids is 1. The smallest absolute Gasteiger partial charge is 0.475 e. The molecule has 3 rings (SSSR count). The van der Waals surface area contributed by atoms with Crippen molar-refractivity contribution in [2.45, 2.75) is 51.2 Å². The van der Waals surface area contributed by atoms with Crippen LogP contribution in [0.4, 0.5) is 13.2 Å². The molecule has 2 N–H and O–H groups in total. The van der Waals surface area contributed by atoms with E-state index in [1.807, 2.05) is 32.0 Å². The van der Waals surface area contributed by atoms with Crippen LogP contribution >= 0.6 is 11.6 Å². The number of ether oxygens (including phenoxy) is 1. The third-order valence-electron chi connectivity index (χ3n) is 4.54. The average molecular weight is 437 g/mol. The van der Waals surface area contributed by atoms with E-state index in [-0.39, 0.29) is 30.1 Å². The van der Waals surface area contributed by atoms with E-state index in [1.165, 1.54) is 5.56 Å². The number of alkyl halides is 3. The van der Waals surface area contributed by atoms with Crippen LogP contribution in [0, 0.1) is 5.92 Å². The third-order valence-corrected chi connectivity index (χ3v) is 4.77. The van der Waals surface area contributed by atoms with Gasteiger partial charge in [-0.3, -0.25) is 9.69 Å². The van der Waals surface area contributed by atoms with Crippen LogP contribution in [0.2, 0.25) is 5.02 Å². The minimum absolute atomic E-state index is 0.0108. The first kappa shape index (κ1) is 23.4. The Morgan fingerprint density at radius 3 is 2.55 bits per heavy atom. The molecule has 2 aliphatic heterocycles. The number of benzene rings is 1. The number of carbonyl (C=O) groups excluding carboxylic acids is 1. The summed E-state index contributed by atoms with van der Waals surface area (Å²) in [5.74, 6) is -2.64. The molecule has 0 spiro atoms. The maximum atomic E-state index is 12.3. The lowest BCUT2D eigenvalue weighted by Crippen LogP contribution is -2.45. The summed E-state index contributed by atoms with van der Waals surface area (Å²) in [4.78, 5) is 23.5. The van der Waals surface area contributed by atoms with Crippen molar-refractivity contribution in [3.8, 4) is 0 Å². The summed E-state index contributed by atoms with van der Waals surface area (Å²) in [6, 6.07) is 8.13. The van der Waals surface area contributed by atoms with Crippen molar-refractivity contribution in [1.29, 1.82) is 0 Å². The molecule has 3 atom stereocenters. The molecule has 2 saturated heterocycles. The van der Waals surface area contributed by atoms with Gasteiger partial charge in [0.05, 0.1) is 18.1 Å². The van der Waals surface area contributed by atoms with Crippen LogP contribution in [0.5, 0.6) is 0 Å². The molecule has 1 amide bonds. The molecular formula is C19H24ClF3N2O4. The fraction of sp³-hybridized carbons (Fsp3) is 0.579. The van der Waals surface area contributed by atoms with Crippen LogP contribution in [0.15, 0.2) is 24.3 Å². The predicted octanol–water partition coefficient (Wildman–Crippen LogP) is 3.09. The Kier molecular flexibility index (Phi) is 7.90. The number of carboxylic acids is 1. The Labute approximate surface area is 172 Å². The highest BCUT2D eigenvalue weighted by Crippen LogP contribution is 2.33. The van der Waals surface area contributed by atoms with Crippen molar-refractivity contribution in [2.75, 3.05) is 13.1 Å². The number of fused-ring (bicyclic) bond motifs is 2. The van der Waals surface area contributed by atoms with Crippen molar-refractivity contribution < 1.29 is 32.6 Å². The van der Waals surface area contributed by atoms with E-state index in [1.54, 1.807) is 0 Å². The maximum absolute atomic E-state index is 12.3. The highest BCUT2D eigenvalue weighted by atomic mass is 35.5. The van der Waals surface area contributed by atoms with Crippen molar-refractivity contribution >= 4 is 23.5 Å². The zero-order valence-corrected chi connectivity index (χ0v) is 16.8. The predicted molar refractivity (Wildman–Crippen MR) is 100 cm³/mol. The Morgan fingerprint density at radius 2 is 2.00 bits per heavy atom. The zero-order valence-electron chi connectivity index (χ0n) is 16.1. The van der Waals surface area contributed by atoms with Gasteiger partial charge in [-0.05, 0) is 38.0 Å². The van der Waals surface area contributed by atoms with Gasteiger partial charge in [-0.2, -0.15) is 13.2 Å². The van der Waals surface area contributed by atoms with E-state index in [2.05, 4.69) is 16.3 Å². The number of nitrogens with zero attached hydrogens (tertiary/aromatic N) is 1. The fourth-order valence-electron chi connectivity index (χ4n) is 3.43. The number of hydrogen-bond donors (Lipinski definition) is 2. The standard InChI is InChI=1S/C17H23ClN2O2.C2HF3O2/c1-11(2)19-17(21)15-7-14-9-20(10-16(15)22-14)8-12-4-3-5-13(18)6-12;3-2(4,5)1(6)7/h3-6,11,14-16H,7-10H2,1-2H3,(H,19,21);(H,6,7)/t14-,15+,16-;/m1./s1. The summed E-state index contributed by atoms with van der Waals surface area (Å²) in [7, 11) is 0. The molecule has 0 aliphatic carbocycles. The van der Waals surface area contributed by atoms with Crippen LogP contribution in [0.25, 0.3) is 0 Å². The second-order valence-corrected chi connectivity index (χ2v) is 7.87. The first-order valence-electron chi connectivity index (χ1n) is 9.18. The molecule has 2 bridgehead atoms. The molecule has 2 aliphatic rings. The summed E-state index contributed by atoms with van der Waals surface area (Å²) in [6.07, 6.45) is -4.08. The molecule has 1 aromatic carbocycles. The molecule has 6 nitrogen and oxygen atoms in total. The van der Waals surface area contributed by atoms with Gasteiger partial charge in [0.1, 0.15) is 0 Å². The van der Waals surface area contributed by atoms with Gasteiger partial charge in [-0.15, -0.1) is 0 Å².